The van der Waals surface area contributed by atoms with E-state index in [-0.39, 0.29) is 41.4 Å². The molecule has 0 spiro atoms. The lowest BCUT2D eigenvalue weighted by molar-refractivity contribution is -0.141. The Kier molecular flexibility index (Phi) is 5.22. The topological polar surface area (TPSA) is 72.8 Å². The molecule has 0 aliphatic carbocycles. The van der Waals surface area contributed by atoms with Gasteiger partial charge in [0.1, 0.15) is 17.2 Å². The highest BCUT2D eigenvalue weighted by atomic mass is 16.5. The van der Waals surface area contributed by atoms with Gasteiger partial charge in [-0.05, 0) is 41.7 Å². The SMILES string of the molecule is CC1C(=O)Oc2ccc(O)cc2C1C.CC1C(=O)Oc2ccccc2C1C. The van der Waals surface area contributed by atoms with Crippen LogP contribution in [-0.4, -0.2) is 17.0 Å². The van der Waals surface area contributed by atoms with Crippen LogP contribution in [0.5, 0.6) is 17.2 Å². The van der Waals surface area contributed by atoms with E-state index in [4.69, 9.17) is 9.47 Å². The Morgan fingerprint density at radius 3 is 1.85 bits per heavy atom. The van der Waals surface area contributed by atoms with Crippen molar-refractivity contribution in [2.75, 3.05) is 0 Å². The second-order valence-electron chi connectivity index (χ2n) is 7.26. The maximum Gasteiger partial charge on any atom is 0.314 e. The third kappa shape index (κ3) is 3.68. The van der Waals surface area contributed by atoms with E-state index in [1.165, 1.54) is 6.07 Å². The minimum Gasteiger partial charge on any atom is -0.508 e. The first-order valence-electron chi connectivity index (χ1n) is 9.14. The lowest BCUT2D eigenvalue weighted by atomic mass is 9.86. The van der Waals surface area contributed by atoms with Gasteiger partial charge in [-0.3, -0.25) is 9.59 Å². The second-order valence-corrected chi connectivity index (χ2v) is 7.26. The van der Waals surface area contributed by atoms with Crippen molar-refractivity contribution in [1.82, 2.24) is 0 Å². The quantitative estimate of drug-likeness (QED) is 0.551. The molecule has 4 rings (SSSR count). The Morgan fingerprint density at radius 1 is 0.704 bits per heavy atom. The van der Waals surface area contributed by atoms with Crippen molar-refractivity contribution in [1.29, 1.82) is 0 Å². The van der Waals surface area contributed by atoms with E-state index in [9.17, 15) is 14.7 Å². The number of para-hydroxylation sites is 1. The number of phenolic OH excluding ortho intramolecular Hbond substituents is 1. The number of fused-ring (bicyclic) bond motifs is 2. The summed E-state index contributed by atoms with van der Waals surface area (Å²) in [6.45, 7) is 7.76. The molecule has 27 heavy (non-hydrogen) atoms. The van der Waals surface area contributed by atoms with E-state index in [1.807, 2.05) is 45.0 Å². The molecule has 0 radical (unpaired) electrons. The third-order valence-corrected chi connectivity index (χ3v) is 5.56. The van der Waals surface area contributed by atoms with Crippen molar-refractivity contribution >= 4 is 11.9 Å². The van der Waals surface area contributed by atoms with Gasteiger partial charge in [0.05, 0.1) is 11.8 Å². The third-order valence-electron chi connectivity index (χ3n) is 5.56. The fraction of sp³-hybridized carbons (Fsp3) is 0.364. The van der Waals surface area contributed by atoms with E-state index in [2.05, 4.69) is 6.92 Å². The van der Waals surface area contributed by atoms with Crippen LogP contribution in [-0.2, 0) is 9.59 Å². The Balaban J connectivity index is 0.000000156. The molecule has 0 saturated carbocycles. The summed E-state index contributed by atoms with van der Waals surface area (Å²) in [4.78, 5) is 22.7. The summed E-state index contributed by atoms with van der Waals surface area (Å²) in [6.07, 6.45) is 0. The molecule has 142 valence electrons. The lowest BCUT2D eigenvalue weighted by Crippen LogP contribution is -2.28. The van der Waals surface area contributed by atoms with Crippen LogP contribution < -0.4 is 9.47 Å². The summed E-state index contributed by atoms with van der Waals surface area (Å²) in [5.41, 5.74) is 2.03. The zero-order valence-corrected chi connectivity index (χ0v) is 15.9. The highest BCUT2D eigenvalue weighted by Crippen LogP contribution is 2.39. The zero-order valence-electron chi connectivity index (χ0n) is 15.9. The Hall–Kier alpha value is -2.82. The summed E-state index contributed by atoms with van der Waals surface area (Å²) in [7, 11) is 0. The molecular formula is C22H24O5. The predicted molar refractivity (Wildman–Crippen MR) is 101 cm³/mol. The van der Waals surface area contributed by atoms with Gasteiger partial charge in [0.2, 0.25) is 0 Å². The molecule has 5 nitrogen and oxygen atoms in total. The number of carbonyl (C=O) groups excluding carboxylic acids is 2. The first kappa shape index (κ1) is 19.0. The minimum atomic E-state index is -0.198. The zero-order chi connectivity index (χ0) is 19.7. The summed E-state index contributed by atoms with van der Waals surface area (Å²) in [5.74, 6) is 1.36. The van der Waals surface area contributed by atoms with Gasteiger partial charge in [0.15, 0.2) is 0 Å². The molecule has 4 atom stereocenters. The molecule has 2 heterocycles. The molecule has 0 amide bonds. The van der Waals surface area contributed by atoms with Gasteiger partial charge < -0.3 is 14.6 Å². The van der Waals surface area contributed by atoms with Crippen LogP contribution in [0.15, 0.2) is 42.5 Å². The number of phenols is 1. The maximum atomic E-state index is 11.4. The average molecular weight is 368 g/mol. The van der Waals surface area contributed by atoms with E-state index in [1.54, 1.807) is 12.1 Å². The van der Waals surface area contributed by atoms with Crippen molar-refractivity contribution < 1.29 is 24.2 Å². The number of benzene rings is 2. The Labute approximate surface area is 158 Å². The standard InChI is InChI=1S/C11H12O3.C11H12O2/c1-6-7(2)11(13)14-10-4-3-8(12)5-9(6)10;1-7-8(2)11(12)13-10-6-4-3-5-9(7)10/h3-7,12H,1-2H3;3-8H,1-2H3. The number of aromatic hydroxyl groups is 1. The molecule has 5 heteroatoms. The van der Waals surface area contributed by atoms with Crippen molar-refractivity contribution in [2.45, 2.75) is 39.5 Å². The highest BCUT2D eigenvalue weighted by molar-refractivity contribution is 5.79. The summed E-state index contributed by atoms with van der Waals surface area (Å²) in [5, 5.41) is 9.32. The van der Waals surface area contributed by atoms with Crippen LogP contribution in [0.25, 0.3) is 0 Å². The smallest absolute Gasteiger partial charge is 0.314 e. The van der Waals surface area contributed by atoms with Crippen molar-refractivity contribution in [3.05, 3.63) is 53.6 Å². The van der Waals surface area contributed by atoms with Crippen molar-refractivity contribution in [2.24, 2.45) is 11.8 Å². The van der Waals surface area contributed by atoms with Gasteiger partial charge in [-0.2, -0.15) is 0 Å². The normalized spacial score (nSPS) is 25.9. The fourth-order valence-corrected chi connectivity index (χ4v) is 3.28. The summed E-state index contributed by atoms with van der Waals surface area (Å²) in [6, 6.07) is 12.5. The number of ether oxygens (including phenoxy) is 2. The molecule has 2 aromatic rings. The largest absolute Gasteiger partial charge is 0.508 e. The molecule has 2 aliphatic rings. The van der Waals surface area contributed by atoms with Gasteiger partial charge in [-0.25, -0.2) is 0 Å². The predicted octanol–water partition coefficient (Wildman–Crippen LogP) is 4.40. The van der Waals surface area contributed by atoms with E-state index in [0.717, 1.165) is 16.9 Å². The molecule has 2 aliphatic heterocycles. The molecule has 2 aromatic carbocycles. The molecule has 0 saturated heterocycles. The van der Waals surface area contributed by atoms with E-state index >= 15 is 0 Å². The summed E-state index contributed by atoms with van der Waals surface area (Å²) >= 11 is 0. The van der Waals surface area contributed by atoms with Crippen LogP contribution >= 0.6 is 0 Å². The number of esters is 2. The van der Waals surface area contributed by atoms with E-state index < -0.39 is 0 Å². The van der Waals surface area contributed by atoms with Crippen molar-refractivity contribution in [3.63, 3.8) is 0 Å². The maximum absolute atomic E-state index is 11.4. The minimum absolute atomic E-state index is 0.0325. The molecule has 1 N–H and O–H groups in total. The average Bonchev–Trinajstić information content (AvgIpc) is 2.66. The molecule has 0 bridgehead atoms. The first-order chi connectivity index (χ1) is 12.8. The van der Waals surface area contributed by atoms with Crippen LogP contribution in [0.3, 0.4) is 0 Å². The number of rotatable bonds is 0. The van der Waals surface area contributed by atoms with Crippen LogP contribution in [0.2, 0.25) is 0 Å². The molecule has 0 fully saturated rings. The fourth-order valence-electron chi connectivity index (χ4n) is 3.28. The number of carbonyl (C=O) groups is 2. The van der Waals surface area contributed by atoms with Crippen molar-refractivity contribution in [3.8, 4) is 17.2 Å². The monoisotopic (exact) mass is 368 g/mol. The Bertz CT molecular complexity index is 873. The molecule has 0 aromatic heterocycles. The molecule has 4 unspecified atom stereocenters. The summed E-state index contributed by atoms with van der Waals surface area (Å²) < 4.78 is 10.3. The van der Waals surface area contributed by atoms with Gasteiger partial charge in [0, 0.05) is 5.56 Å². The van der Waals surface area contributed by atoms with Crippen LogP contribution in [0, 0.1) is 11.8 Å². The van der Waals surface area contributed by atoms with Gasteiger partial charge in [-0.15, -0.1) is 0 Å². The molecular weight excluding hydrogens is 344 g/mol. The van der Waals surface area contributed by atoms with Gasteiger partial charge in [-0.1, -0.05) is 45.9 Å². The van der Waals surface area contributed by atoms with Gasteiger partial charge >= 0.3 is 11.9 Å². The van der Waals surface area contributed by atoms with E-state index in [0.29, 0.717) is 5.75 Å². The Morgan fingerprint density at radius 2 is 1.22 bits per heavy atom. The van der Waals surface area contributed by atoms with Crippen LogP contribution in [0.4, 0.5) is 0 Å². The second kappa shape index (κ2) is 7.43. The first-order valence-corrected chi connectivity index (χ1v) is 9.14. The lowest BCUT2D eigenvalue weighted by Gasteiger charge is -2.26. The van der Waals surface area contributed by atoms with Crippen LogP contribution in [0.1, 0.15) is 50.7 Å². The number of hydrogen-bond donors (Lipinski definition) is 1. The number of hydrogen-bond acceptors (Lipinski definition) is 5. The highest BCUT2D eigenvalue weighted by Gasteiger charge is 2.32. The van der Waals surface area contributed by atoms with Gasteiger partial charge in [0.25, 0.3) is 0 Å².